The van der Waals surface area contributed by atoms with E-state index in [1.807, 2.05) is 6.92 Å². The minimum atomic E-state index is -4.56. The first kappa shape index (κ1) is 16.7. The van der Waals surface area contributed by atoms with Crippen molar-refractivity contribution in [2.45, 2.75) is 36.5 Å². The first-order valence-electron chi connectivity index (χ1n) is 7.01. The first-order chi connectivity index (χ1) is 10.3. The lowest BCUT2D eigenvalue weighted by atomic mass is 10.2. The summed E-state index contributed by atoms with van der Waals surface area (Å²) in [5.74, 6) is -3.32. The van der Waals surface area contributed by atoms with E-state index >= 15 is 0 Å². The summed E-state index contributed by atoms with van der Waals surface area (Å²) in [6, 6.07) is 5.31. The summed E-state index contributed by atoms with van der Waals surface area (Å²) in [6.45, 7) is 3.08. The van der Waals surface area contributed by atoms with Crippen molar-refractivity contribution in [3.05, 3.63) is 24.3 Å². The maximum atomic E-state index is 12.4. The van der Waals surface area contributed by atoms with Crippen LogP contribution in [-0.4, -0.2) is 44.1 Å². The van der Waals surface area contributed by atoms with Crippen molar-refractivity contribution < 1.29 is 22.0 Å². The quantitative estimate of drug-likeness (QED) is 0.897. The molecule has 0 aliphatic carbocycles. The van der Waals surface area contributed by atoms with Crippen molar-refractivity contribution >= 4 is 21.4 Å². The number of hydrogen-bond donors (Lipinski definition) is 1. The van der Waals surface area contributed by atoms with Crippen molar-refractivity contribution in [3.63, 3.8) is 0 Å². The molecule has 1 atom stereocenters. The molecule has 0 saturated carbocycles. The fourth-order valence-electron chi connectivity index (χ4n) is 2.41. The fourth-order valence-corrected chi connectivity index (χ4v) is 3.13. The van der Waals surface area contributed by atoms with Gasteiger partial charge in [-0.15, -0.1) is 0 Å². The van der Waals surface area contributed by atoms with Crippen LogP contribution in [0, 0.1) is 0 Å². The second-order valence-electron chi connectivity index (χ2n) is 5.15. The number of hydrogen-bond acceptors (Lipinski definition) is 4. The molecule has 1 unspecified atom stereocenters. The number of amides is 1. The van der Waals surface area contributed by atoms with Gasteiger partial charge in [-0.2, -0.15) is 8.78 Å². The lowest BCUT2D eigenvalue weighted by Crippen LogP contribution is -2.30. The van der Waals surface area contributed by atoms with Crippen molar-refractivity contribution in [1.29, 1.82) is 0 Å². The van der Waals surface area contributed by atoms with Gasteiger partial charge in [0.1, 0.15) is 0 Å². The largest absolute Gasteiger partial charge is 0.380 e. The van der Waals surface area contributed by atoms with Gasteiger partial charge in [0.2, 0.25) is 15.7 Å². The van der Waals surface area contributed by atoms with E-state index in [1.54, 1.807) is 4.90 Å². The Morgan fingerprint density at radius 3 is 2.55 bits per heavy atom. The third-order valence-electron chi connectivity index (χ3n) is 3.63. The monoisotopic (exact) mass is 332 g/mol. The number of nitrogens with zero attached hydrogens (tertiary/aromatic N) is 1. The summed E-state index contributed by atoms with van der Waals surface area (Å²) >= 11 is 0. The summed E-state index contributed by atoms with van der Waals surface area (Å²) in [4.78, 5) is 13.0. The number of alkyl halides is 2. The van der Waals surface area contributed by atoms with Gasteiger partial charge in [0.05, 0.1) is 4.90 Å². The highest BCUT2D eigenvalue weighted by molar-refractivity contribution is 7.91. The molecule has 1 aromatic rings. The van der Waals surface area contributed by atoms with E-state index in [4.69, 9.17) is 0 Å². The van der Waals surface area contributed by atoms with Gasteiger partial charge in [-0.3, -0.25) is 4.79 Å². The molecule has 1 heterocycles. The Hall–Kier alpha value is -1.70. The van der Waals surface area contributed by atoms with Gasteiger partial charge in [-0.1, -0.05) is 6.92 Å². The second-order valence-corrected chi connectivity index (χ2v) is 7.07. The van der Waals surface area contributed by atoms with Crippen LogP contribution < -0.4 is 5.32 Å². The number of benzene rings is 1. The molecule has 5 nitrogen and oxygen atoms in total. The number of likely N-dealkylation sites (tertiary alicyclic amines) is 1. The highest BCUT2D eigenvalue weighted by atomic mass is 32.2. The maximum absolute atomic E-state index is 12.4. The maximum Gasteiger partial charge on any atom is 0.341 e. The second kappa shape index (κ2) is 6.60. The fraction of sp³-hybridized carbons (Fsp3) is 0.500. The molecule has 1 saturated heterocycles. The number of nitrogens with one attached hydrogen (secondary N) is 1. The van der Waals surface area contributed by atoms with Crippen LogP contribution in [-0.2, 0) is 14.6 Å². The molecule has 2 rings (SSSR count). The smallest absolute Gasteiger partial charge is 0.341 e. The van der Waals surface area contributed by atoms with E-state index in [0.29, 0.717) is 25.2 Å². The normalized spacial score (nSPS) is 18.7. The highest BCUT2D eigenvalue weighted by Crippen LogP contribution is 2.22. The van der Waals surface area contributed by atoms with E-state index in [9.17, 15) is 22.0 Å². The Morgan fingerprint density at radius 1 is 1.36 bits per heavy atom. The summed E-state index contributed by atoms with van der Waals surface area (Å²) in [7, 11) is -4.56. The van der Waals surface area contributed by atoms with Gasteiger partial charge < -0.3 is 10.2 Å². The molecular weight excluding hydrogens is 314 g/mol. The molecule has 1 fully saturated rings. The third kappa shape index (κ3) is 3.55. The number of carbonyl (C=O) groups excluding carboxylic acids is 1. The zero-order valence-corrected chi connectivity index (χ0v) is 12.9. The number of anilines is 1. The van der Waals surface area contributed by atoms with E-state index < -0.39 is 20.5 Å². The van der Waals surface area contributed by atoms with Gasteiger partial charge >= 0.3 is 5.76 Å². The van der Waals surface area contributed by atoms with Crippen molar-refractivity contribution in [2.24, 2.45) is 0 Å². The van der Waals surface area contributed by atoms with E-state index in [1.165, 1.54) is 12.1 Å². The zero-order chi connectivity index (χ0) is 16.3. The average molecular weight is 332 g/mol. The molecule has 0 spiro atoms. The molecule has 1 aliphatic heterocycles. The van der Waals surface area contributed by atoms with Crippen LogP contribution in [0.4, 0.5) is 14.5 Å². The molecule has 1 aliphatic rings. The molecule has 0 radical (unpaired) electrons. The number of rotatable bonds is 5. The average Bonchev–Trinajstić information content (AvgIpc) is 2.95. The highest BCUT2D eigenvalue weighted by Gasteiger charge is 2.27. The summed E-state index contributed by atoms with van der Waals surface area (Å²) in [5.41, 5.74) is 0.643. The predicted octanol–water partition coefficient (Wildman–Crippen LogP) is 2.11. The van der Waals surface area contributed by atoms with Gasteiger partial charge in [0.25, 0.3) is 0 Å². The van der Waals surface area contributed by atoms with Gasteiger partial charge in [-0.25, -0.2) is 8.42 Å². The summed E-state index contributed by atoms with van der Waals surface area (Å²) in [6.07, 6.45) is 1.26. The van der Waals surface area contributed by atoms with Gasteiger partial charge in [0.15, 0.2) is 0 Å². The van der Waals surface area contributed by atoms with Crippen LogP contribution >= 0.6 is 0 Å². The predicted molar refractivity (Wildman–Crippen MR) is 78.5 cm³/mol. The Kier molecular flexibility index (Phi) is 5.00. The van der Waals surface area contributed by atoms with Crippen molar-refractivity contribution in [1.82, 2.24) is 4.90 Å². The first-order valence-corrected chi connectivity index (χ1v) is 8.55. The van der Waals surface area contributed by atoms with E-state index in [-0.39, 0.29) is 11.9 Å². The van der Waals surface area contributed by atoms with Crippen LogP contribution in [0.1, 0.15) is 19.8 Å². The van der Waals surface area contributed by atoms with Gasteiger partial charge in [0, 0.05) is 31.2 Å². The summed E-state index contributed by atoms with van der Waals surface area (Å²) < 4.78 is 47.5. The molecule has 122 valence electrons. The van der Waals surface area contributed by atoms with Crippen LogP contribution in [0.2, 0.25) is 0 Å². The minimum absolute atomic E-state index is 0.0769. The molecular formula is C14H18F2N2O3S. The Morgan fingerprint density at radius 2 is 2.00 bits per heavy atom. The molecule has 8 heteroatoms. The Labute approximate surface area is 128 Å². The molecule has 1 N–H and O–H groups in total. The van der Waals surface area contributed by atoms with E-state index in [2.05, 4.69) is 5.32 Å². The molecule has 22 heavy (non-hydrogen) atoms. The topological polar surface area (TPSA) is 66.5 Å². The Balaban J connectivity index is 2.00. The van der Waals surface area contributed by atoms with Crippen LogP contribution in [0.15, 0.2) is 29.2 Å². The minimum Gasteiger partial charge on any atom is -0.380 e. The van der Waals surface area contributed by atoms with Crippen LogP contribution in [0.25, 0.3) is 0 Å². The lowest BCUT2D eigenvalue weighted by molar-refractivity contribution is -0.129. The van der Waals surface area contributed by atoms with Gasteiger partial charge in [-0.05, 0) is 30.7 Å². The van der Waals surface area contributed by atoms with Crippen molar-refractivity contribution in [3.8, 4) is 0 Å². The zero-order valence-electron chi connectivity index (χ0n) is 12.1. The number of sulfone groups is 1. The summed E-state index contributed by atoms with van der Waals surface area (Å²) in [5, 5.41) is 3.18. The number of halogens is 2. The third-order valence-corrected chi connectivity index (χ3v) is 5.03. The number of carbonyl (C=O) groups is 1. The lowest BCUT2D eigenvalue weighted by Gasteiger charge is -2.17. The van der Waals surface area contributed by atoms with Crippen LogP contribution in [0.3, 0.4) is 0 Å². The SMILES string of the molecule is CCC(=O)N1CCC(Nc2ccc(S(=O)(=O)C(F)F)cc2)C1. The van der Waals surface area contributed by atoms with Crippen molar-refractivity contribution in [2.75, 3.05) is 18.4 Å². The van der Waals surface area contributed by atoms with E-state index in [0.717, 1.165) is 18.6 Å². The standard InChI is InChI=1S/C14H18F2N2O3S/c1-2-13(19)18-8-7-11(9-18)17-10-3-5-12(6-4-10)22(20,21)14(15)16/h3-6,11,14,17H,2,7-9H2,1H3. The molecule has 1 amide bonds. The van der Waals surface area contributed by atoms with Crippen LogP contribution in [0.5, 0.6) is 0 Å². The molecule has 0 aromatic heterocycles. The molecule has 0 bridgehead atoms. The Bertz CT molecular complexity index is 632. The molecule has 1 aromatic carbocycles.